The summed E-state index contributed by atoms with van der Waals surface area (Å²) in [5, 5.41) is 18.3. The molecule has 0 fully saturated rings. The van der Waals surface area contributed by atoms with Gasteiger partial charge in [-0.3, -0.25) is 10.4 Å². The maximum atomic E-state index is 8.93. The van der Waals surface area contributed by atoms with Crippen LogP contribution in [0, 0.1) is 0 Å². The molecule has 14 heavy (non-hydrogen) atoms. The Morgan fingerprint density at radius 2 is 1.50 bits per heavy atom. The lowest BCUT2D eigenvalue weighted by molar-refractivity contribution is -0.333. The molecule has 0 spiro atoms. The van der Waals surface area contributed by atoms with E-state index in [1.165, 1.54) is 25.7 Å². The van der Waals surface area contributed by atoms with Gasteiger partial charge in [-0.15, -0.1) is 0 Å². The van der Waals surface area contributed by atoms with Crippen molar-refractivity contribution in [1.82, 2.24) is 5.23 Å². The summed E-state index contributed by atoms with van der Waals surface area (Å²) in [6, 6.07) is -0.0679. The number of nitrogens with zero attached hydrogens (tertiary/aromatic N) is 1. The summed E-state index contributed by atoms with van der Waals surface area (Å²) < 4.78 is 0. The summed E-state index contributed by atoms with van der Waals surface area (Å²) in [5.41, 5.74) is 0. The van der Waals surface area contributed by atoms with E-state index in [-0.39, 0.29) is 6.04 Å². The summed E-state index contributed by atoms with van der Waals surface area (Å²) in [7, 11) is 0. The van der Waals surface area contributed by atoms with Gasteiger partial charge in [0.2, 0.25) is 0 Å². The minimum atomic E-state index is -0.0679. The van der Waals surface area contributed by atoms with Gasteiger partial charge >= 0.3 is 0 Å². The van der Waals surface area contributed by atoms with E-state index in [1.54, 1.807) is 0 Å². The Labute approximate surface area is 87.6 Å². The maximum Gasteiger partial charge on any atom is 0.0623 e. The lowest BCUT2D eigenvalue weighted by Crippen LogP contribution is -2.28. The zero-order valence-corrected chi connectivity index (χ0v) is 9.58. The van der Waals surface area contributed by atoms with E-state index in [0.717, 1.165) is 25.7 Å². The third-order valence-electron chi connectivity index (χ3n) is 2.59. The lowest BCUT2D eigenvalue weighted by Gasteiger charge is -2.19. The fourth-order valence-electron chi connectivity index (χ4n) is 1.69. The number of unbranched alkanes of at least 4 members (excludes halogenated alkanes) is 4. The molecular formula is C11H25NO2. The van der Waals surface area contributed by atoms with Crippen molar-refractivity contribution in [3.63, 3.8) is 0 Å². The van der Waals surface area contributed by atoms with E-state index >= 15 is 0 Å². The Balaban J connectivity index is 3.41. The molecule has 3 nitrogen and oxygen atoms in total. The largest absolute Gasteiger partial charge is 0.289 e. The highest BCUT2D eigenvalue weighted by Gasteiger charge is 2.12. The Morgan fingerprint density at radius 3 is 2.00 bits per heavy atom. The molecule has 0 aromatic heterocycles. The topological polar surface area (TPSA) is 43.7 Å². The zero-order chi connectivity index (χ0) is 10.8. The van der Waals surface area contributed by atoms with Crippen LogP contribution in [0.4, 0.5) is 0 Å². The first-order valence-corrected chi connectivity index (χ1v) is 5.89. The van der Waals surface area contributed by atoms with Crippen molar-refractivity contribution in [3.05, 3.63) is 0 Å². The SMILES string of the molecule is CCCCCCCC(CCC)N(O)O. The first-order chi connectivity index (χ1) is 6.72. The summed E-state index contributed by atoms with van der Waals surface area (Å²) in [6.07, 6.45) is 8.88. The van der Waals surface area contributed by atoms with E-state index in [4.69, 9.17) is 10.4 Å². The molecule has 1 unspecified atom stereocenters. The predicted molar refractivity (Wildman–Crippen MR) is 57.5 cm³/mol. The van der Waals surface area contributed by atoms with Crippen LogP contribution in [-0.4, -0.2) is 21.7 Å². The van der Waals surface area contributed by atoms with Gasteiger partial charge in [0, 0.05) is 0 Å². The Kier molecular flexibility index (Phi) is 9.35. The van der Waals surface area contributed by atoms with E-state index in [2.05, 4.69) is 13.8 Å². The van der Waals surface area contributed by atoms with Crippen LogP contribution in [0.15, 0.2) is 0 Å². The van der Waals surface area contributed by atoms with Gasteiger partial charge in [-0.2, -0.15) is 0 Å². The molecule has 0 aromatic carbocycles. The van der Waals surface area contributed by atoms with Crippen molar-refractivity contribution < 1.29 is 10.4 Å². The van der Waals surface area contributed by atoms with Crippen LogP contribution in [-0.2, 0) is 0 Å². The van der Waals surface area contributed by atoms with E-state index in [1.807, 2.05) is 0 Å². The fourth-order valence-corrected chi connectivity index (χ4v) is 1.69. The van der Waals surface area contributed by atoms with Gasteiger partial charge < -0.3 is 0 Å². The molecule has 0 aliphatic carbocycles. The molecule has 0 rings (SSSR count). The van der Waals surface area contributed by atoms with Gasteiger partial charge in [0.25, 0.3) is 0 Å². The summed E-state index contributed by atoms with van der Waals surface area (Å²) in [6.45, 7) is 4.26. The van der Waals surface area contributed by atoms with Gasteiger partial charge in [0.15, 0.2) is 0 Å². The van der Waals surface area contributed by atoms with Gasteiger partial charge in [0.1, 0.15) is 0 Å². The lowest BCUT2D eigenvalue weighted by atomic mass is 10.0. The molecule has 0 bridgehead atoms. The second kappa shape index (κ2) is 9.44. The van der Waals surface area contributed by atoms with Crippen molar-refractivity contribution in [2.75, 3.05) is 0 Å². The Hall–Kier alpha value is -0.120. The second-order valence-electron chi connectivity index (χ2n) is 3.97. The molecule has 86 valence electrons. The second-order valence-corrected chi connectivity index (χ2v) is 3.97. The van der Waals surface area contributed by atoms with Crippen LogP contribution < -0.4 is 0 Å². The van der Waals surface area contributed by atoms with Crippen LogP contribution in [0.2, 0.25) is 0 Å². The number of hydroxylamine groups is 2. The molecule has 0 saturated heterocycles. The highest BCUT2D eigenvalue weighted by Crippen LogP contribution is 2.13. The van der Waals surface area contributed by atoms with Gasteiger partial charge in [0.05, 0.1) is 6.04 Å². The van der Waals surface area contributed by atoms with Crippen molar-refractivity contribution >= 4 is 0 Å². The number of hydrogen-bond acceptors (Lipinski definition) is 3. The molecule has 2 N–H and O–H groups in total. The quantitative estimate of drug-likeness (QED) is 0.444. The summed E-state index contributed by atoms with van der Waals surface area (Å²) in [5.74, 6) is 0. The zero-order valence-electron chi connectivity index (χ0n) is 9.58. The summed E-state index contributed by atoms with van der Waals surface area (Å²) in [4.78, 5) is 0. The molecule has 0 amide bonds. The number of hydrogen-bond donors (Lipinski definition) is 2. The highest BCUT2D eigenvalue weighted by molar-refractivity contribution is 4.60. The van der Waals surface area contributed by atoms with Crippen LogP contribution in [0.25, 0.3) is 0 Å². The smallest absolute Gasteiger partial charge is 0.0623 e. The molecule has 0 aromatic rings. The summed E-state index contributed by atoms with van der Waals surface area (Å²) >= 11 is 0. The van der Waals surface area contributed by atoms with Crippen molar-refractivity contribution in [3.8, 4) is 0 Å². The normalized spacial score (nSPS) is 13.5. The fraction of sp³-hybridized carbons (Fsp3) is 1.00. The van der Waals surface area contributed by atoms with E-state index < -0.39 is 0 Å². The van der Waals surface area contributed by atoms with Crippen LogP contribution >= 0.6 is 0 Å². The Morgan fingerprint density at radius 1 is 0.857 bits per heavy atom. The van der Waals surface area contributed by atoms with Crippen molar-refractivity contribution in [1.29, 1.82) is 0 Å². The van der Waals surface area contributed by atoms with Gasteiger partial charge in [-0.1, -0.05) is 57.6 Å². The molecule has 0 saturated carbocycles. The average molecular weight is 203 g/mol. The van der Waals surface area contributed by atoms with Crippen molar-refractivity contribution in [2.45, 2.75) is 71.3 Å². The van der Waals surface area contributed by atoms with E-state index in [9.17, 15) is 0 Å². The standard InChI is InChI=1S/C11H25NO2/c1-3-5-6-7-8-10-11(9-4-2)12(13)14/h11,13-14H,3-10H2,1-2H3. The first-order valence-electron chi connectivity index (χ1n) is 5.89. The van der Waals surface area contributed by atoms with Crippen LogP contribution in [0.1, 0.15) is 65.2 Å². The number of rotatable bonds is 9. The molecule has 0 aliphatic rings. The third-order valence-corrected chi connectivity index (χ3v) is 2.59. The van der Waals surface area contributed by atoms with Crippen LogP contribution in [0.3, 0.4) is 0 Å². The third kappa shape index (κ3) is 7.30. The maximum absolute atomic E-state index is 8.93. The molecule has 3 heteroatoms. The molecular weight excluding hydrogens is 178 g/mol. The molecule has 0 radical (unpaired) electrons. The monoisotopic (exact) mass is 203 g/mol. The minimum Gasteiger partial charge on any atom is -0.289 e. The molecule has 0 aliphatic heterocycles. The minimum absolute atomic E-state index is 0.0679. The first kappa shape index (κ1) is 13.9. The Bertz CT molecular complexity index is 118. The molecule has 0 heterocycles. The van der Waals surface area contributed by atoms with Crippen LogP contribution in [0.5, 0.6) is 0 Å². The average Bonchev–Trinajstić information content (AvgIpc) is 2.15. The van der Waals surface area contributed by atoms with E-state index in [0.29, 0.717) is 5.23 Å². The predicted octanol–water partition coefficient (Wildman–Crippen LogP) is 3.60. The highest BCUT2D eigenvalue weighted by atomic mass is 16.8. The van der Waals surface area contributed by atoms with Gasteiger partial charge in [-0.25, -0.2) is 0 Å². The van der Waals surface area contributed by atoms with Gasteiger partial charge in [-0.05, 0) is 12.8 Å². The van der Waals surface area contributed by atoms with Crippen molar-refractivity contribution in [2.24, 2.45) is 0 Å². The molecule has 1 atom stereocenters.